The third kappa shape index (κ3) is 6.31. The maximum Gasteiger partial charge on any atom is 0.231 e. The summed E-state index contributed by atoms with van der Waals surface area (Å²) in [6.07, 6.45) is 3.64. The quantitative estimate of drug-likeness (QED) is 0.300. The van der Waals surface area contributed by atoms with Crippen LogP contribution in [0.1, 0.15) is 24.1 Å². The minimum absolute atomic E-state index is 0.0505. The van der Waals surface area contributed by atoms with Gasteiger partial charge in [0.05, 0.1) is 12.5 Å². The van der Waals surface area contributed by atoms with Gasteiger partial charge in [-0.1, -0.05) is 36.4 Å². The molecule has 0 saturated carbocycles. The highest BCUT2D eigenvalue weighted by Gasteiger charge is 2.16. The zero-order chi connectivity index (χ0) is 24.6. The molecule has 4 rings (SSSR count). The number of aryl methyl sites for hydroxylation is 1. The summed E-state index contributed by atoms with van der Waals surface area (Å²) in [5, 5.41) is 6.25. The summed E-state index contributed by atoms with van der Waals surface area (Å²) in [5.41, 5.74) is 6.91. The fourth-order valence-electron chi connectivity index (χ4n) is 3.81. The zero-order valence-electron chi connectivity index (χ0n) is 20.3. The molecule has 0 saturated heterocycles. The number of methoxy groups -OCH3 is 1. The Morgan fingerprint density at radius 2 is 1.69 bits per heavy atom. The molecule has 2 aromatic heterocycles. The van der Waals surface area contributed by atoms with Gasteiger partial charge in [0.15, 0.2) is 0 Å². The summed E-state index contributed by atoms with van der Waals surface area (Å²) in [7, 11) is 1.67. The van der Waals surface area contributed by atoms with Gasteiger partial charge in [0.25, 0.3) is 0 Å². The largest absolute Gasteiger partial charge is 0.383 e. The fourth-order valence-corrected chi connectivity index (χ4v) is 3.81. The third-order valence-corrected chi connectivity index (χ3v) is 5.87. The number of hydrogen-bond donors (Lipinski definition) is 2. The van der Waals surface area contributed by atoms with Crippen LogP contribution in [0.4, 0.5) is 11.5 Å². The lowest BCUT2D eigenvalue weighted by atomic mass is 9.96. The molecule has 6 nitrogen and oxygen atoms in total. The summed E-state index contributed by atoms with van der Waals surface area (Å²) >= 11 is 0. The number of amides is 1. The summed E-state index contributed by atoms with van der Waals surface area (Å²) < 4.78 is 5.05. The van der Waals surface area contributed by atoms with Crippen LogP contribution in [0, 0.1) is 6.92 Å². The number of benzene rings is 2. The average molecular weight is 467 g/mol. The Morgan fingerprint density at radius 3 is 2.40 bits per heavy atom. The Hall–Kier alpha value is -4.03. The molecule has 1 atom stereocenters. The van der Waals surface area contributed by atoms with Gasteiger partial charge in [-0.2, -0.15) is 0 Å². The van der Waals surface area contributed by atoms with E-state index < -0.39 is 0 Å². The van der Waals surface area contributed by atoms with Gasteiger partial charge in [0, 0.05) is 43.0 Å². The number of aromatic nitrogens is 2. The predicted molar refractivity (Wildman–Crippen MR) is 141 cm³/mol. The highest BCUT2D eigenvalue weighted by atomic mass is 16.5. The number of rotatable bonds is 9. The second-order valence-electron chi connectivity index (χ2n) is 8.45. The normalized spacial score (nSPS) is 11.6. The molecule has 35 heavy (non-hydrogen) atoms. The van der Waals surface area contributed by atoms with Crippen molar-refractivity contribution < 1.29 is 9.53 Å². The Morgan fingerprint density at radius 1 is 0.914 bits per heavy atom. The van der Waals surface area contributed by atoms with Crippen LogP contribution in [-0.4, -0.2) is 36.1 Å². The molecule has 2 aromatic carbocycles. The molecule has 0 aliphatic heterocycles. The van der Waals surface area contributed by atoms with Crippen LogP contribution >= 0.6 is 0 Å². The van der Waals surface area contributed by atoms with Crippen LogP contribution in [0.3, 0.4) is 0 Å². The molecule has 1 amide bonds. The lowest BCUT2D eigenvalue weighted by Gasteiger charge is -2.14. The first-order valence-corrected chi connectivity index (χ1v) is 11.7. The van der Waals surface area contributed by atoms with E-state index in [2.05, 4.69) is 20.6 Å². The Balaban J connectivity index is 1.41. The van der Waals surface area contributed by atoms with Crippen LogP contribution in [-0.2, 0) is 9.53 Å². The molecular weight excluding hydrogens is 436 g/mol. The van der Waals surface area contributed by atoms with Gasteiger partial charge in [-0.3, -0.25) is 9.78 Å². The summed E-state index contributed by atoms with van der Waals surface area (Å²) in [6.45, 7) is 5.22. The van der Waals surface area contributed by atoms with Gasteiger partial charge in [-0.15, -0.1) is 0 Å². The van der Waals surface area contributed by atoms with Crippen molar-refractivity contribution in [2.24, 2.45) is 0 Å². The Bertz CT molecular complexity index is 1270. The summed E-state index contributed by atoms with van der Waals surface area (Å²) in [6, 6.07) is 23.9. The Kier molecular flexibility index (Phi) is 7.85. The van der Waals surface area contributed by atoms with Crippen LogP contribution in [0.2, 0.25) is 0 Å². The van der Waals surface area contributed by atoms with Gasteiger partial charge in [0.1, 0.15) is 5.82 Å². The first-order chi connectivity index (χ1) is 17.0. The lowest BCUT2D eigenvalue weighted by Crippen LogP contribution is -2.18. The monoisotopic (exact) mass is 466 g/mol. The first-order valence-electron chi connectivity index (χ1n) is 11.7. The number of carbonyl (C=O) groups is 1. The van der Waals surface area contributed by atoms with E-state index in [9.17, 15) is 4.79 Å². The van der Waals surface area contributed by atoms with Crippen molar-refractivity contribution in [3.8, 4) is 22.3 Å². The topological polar surface area (TPSA) is 76.1 Å². The van der Waals surface area contributed by atoms with E-state index in [1.807, 2.05) is 92.8 Å². The smallest absolute Gasteiger partial charge is 0.231 e. The zero-order valence-corrected chi connectivity index (χ0v) is 20.3. The molecule has 2 heterocycles. The number of nitrogens with zero attached hydrogens (tertiary/aromatic N) is 2. The van der Waals surface area contributed by atoms with E-state index in [-0.39, 0.29) is 11.8 Å². The number of hydrogen-bond acceptors (Lipinski definition) is 5. The van der Waals surface area contributed by atoms with Crippen LogP contribution in [0.25, 0.3) is 22.3 Å². The number of nitrogens with one attached hydrogen (secondary N) is 2. The van der Waals surface area contributed by atoms with Crippen molar-refractivity contribution in [1.82, 2.24) is 9.97 Å². The highest BCUT2D eigenvalue weighted by molar-refractivity contribution is 5.96. The maximum atomic E-state index is 13.0. The van der Waals surface area contributed by atoms with Crippen LogP contribution < -0.4 is 10.6 Å². The van der Waals surface area contributed by atoms with E-state index in [0.29, 0.717) is 13.2 Å². The van der Waals surface area contributed by atoms with E-state index in [0.717, 1.165) is 45.0 Å². The van der Waals surface area contributed by atoms with E-state index in [4.69, 9.17) is 4.74 Å². The second kappa shape index (κ2) is 11.4. The number of carbonyl (C=O) groups excluding carboxylic acids is 1. The average Bonchev–Trinajstić information content (AvgIpc) is 2.89. The minimum atomic E-state index is -0.305. The van der Waals surface area contributed by atoms with Crippen molar-refractivity contribution in [3.63, 3.8) is 0 Å². The standard InChI is InChI=1S/C29H30N4O2/c1-20-17-25(13-14-30-20)22-7-10-27(11-8-22)33-29(34)21(2)23-5-4-6-24(18-23)26-9-12-28(32-19-26)31-15-16-35-3/h4-14,17-19,21H,15-16H2,1-3H3,(H,31,32)(H,33,34)/t21-/m0/s1. The van der Waals surface area contributed by atoms with Crippen molar-refractivity contribution in [2.75, 3.05) is 30.9 Å². The highest BCUT2D eigenvalue weighted by Crippen LogP contribution is 2.26. The van der Waals surface area contributed by atoms with E-state index in [1.54, 1.807) is 13.3 Å². The third-order valence-electron chi connectivity index (χ3n) is 5.87. The van der Waals surface area contributed by atoms with Crippen molar-refractivity contribution in [3.05, 3.63) is 96.4 Å². The first kappa shape index (κ1) is 24.1. The molecule has 4 aromatic rings. The molecule has 6 heteroatoms. The SMILES string of the molecule is COCCNc1ccc(-c2cccc([C@H](C)C(=O)Nc3ccc(-c4ccnc(C)c4)cc3)c2)cn1. The van der Waals surface area contributed by atoms with Gasteiger partial charge in [-0.25, -0.2) is 4.98 Å². The second-order valence-corrected chi connectivity index (χ2v) is 8.45. The van der Waals surface area contributed by atoms with Gasteiger partial charge >= 0.3 is 0 Å². The molecule has 0 radical (unpaired) electrons. The Labute approximate surface area is 206 Å². The molecule has 178 valence electrons. The van der Waals surface area contributed by atoms with E-state index in [1.165, 1.54) is 0 Å². The molecule has 0 aliphatic rings. The number of pyridine rings is 2. The molecule has 0 spiro atoms. The number of ether oxygens (including phenoxy) is 1. The van der Waals surface area contributed by atoms with Crippen molar-refractivity contribution in [2.45, 2.75) is 19.8 Å². The van der Waals surface area contributed by atoms with E-state index >= 15 is 0 Å². The predicted octanol–water partition coefficient (Wildman–Crippen LogP) is 5.92. The minimum Gasteiger partial charge on any atom is -0.383 e. The van der Waals surface area contributed by atoms with Gasteiger partial charge < -0.3 is 15.4 Å². The maximum absolute atomic E-state index is 13.0. The van der Waals surface area contributed by atoms with Gasteiger partial charge in [-0.05, 0) is 72.5 Å². The summed E-state index contributed by atoms with van der Waals surface area (Å²) in [4.78, 5) is 21.7. The van der Waals surface area contributed by atoms with Crippen molar-refractivity contribution >= 4 is 17.4 Å². The molecule has 0 bridgehead atoms. The van der Waals surface area contributed by atoms with Gasteiger partial charge in [0.2, 0.25) is 5.91 Å². The molecule has 0 fully saturated rings. The van der Waals surface area contributed by atoms with Crippen LogP contribution in [0.5, 0.6) is 0 Å². The fraction of sp³-hybridized carbons (Fsp3) is 0.207. The molecule has 2 N–H and O–H groups in total. The van der Waals surface area contributed by atoms with Crippen LogP contribution in [0.15, 0.2) is 85.2 Å². The molecular formula is C29H30N4O2. The lowest BCUT2D eigenvalue weighted by molar-refractivity contribution is -0.117. The summed E-state index contributed by atoms with van der Waals surface area (Å²) in [5.74, 6) is 0.450. The van der Waals surface area contributed by atoms with Crippen molar-refractivity contribution in [1.29, 1.82) is 0 Å². The molecule has 0 aliphatic carbocycles. The molecule has 0 unspecified atom stereocenters. The number of anilines is 2.